The second kappa shape index (κ2) is 11.7. The molecule has 1 aromatic heterocycles. The molecule has 40 heavy (non-hydrogen) atoms. The lowest BCUT2D eigenvalue weighted by Gasteiger charge is -2.27. The first-order valence-corrected chi connectivity index (χ1v) is 14.2. The molecule has 0 amide bonds. The number of carbonyl (C=O) groups excluding carboxylic acids is 1. The van der Waals surface area contributed by atoms with Gasteiger partial charge in [-0.25, -0.2) is 9.79 Å². The standard InChI is InChI=1S/C31H29ClN2O5S/c1-5-9-23-27(30(36)39-6-2)28(22-16-19(32)13-15-25(22)38-4)34-29(35)26(40-31(34)33-23)17-21-20-11-8-7-10-18(20)12-14-24(21)37-3/h7-8,10-17,28H,5-6,9H2,1-4H3/b26-17+/t28-/m0/s1. The molecular weight excluding hydrogens is 548 g/mol. The number of nitrogens with zero attached hydrogens (tertiary/aromatic N) is 2. The van der Waals surface area contributed by atoms with Crippen LogP contribution in [0.4, 0.5) is 0 Å². The molecule has 0 saturated carbocycles. The van der Waals surface area contributed by atoms with Crippen LogP contribution in [-0.4, -0.2) is 31.4 Å². The fourth-order valence-corrected chi connectivity index (χ4v) is 6.25. The Morgan fingerprint density at radius 3 is 2.55 bits per heavy atom. The monoisotopic (exact) mass is 576 g/mol. The smallest absolute Gasteiger partial charge is 0.338 e. The Morgan fingerprint density at radius 2 is 1.82 bits per heavy atom. The number of ether oxygens (including phenoxy) is 3. The van der Waals surface area contributed by atoms with Gasteiger partial charge < -0.3 is 14.2 Å². The molecule has 7 nitrogen and oxygen atoms in total. The molecule has 9 heteroatoms. The third kappa shape index (κ3) is 4.93. The topological polar surface area (TPSA) is 79.1 Å². The largest absolute Gasteiger partial charge is 0.496 e. The Morgan fingerprint density at radius 1 is 1.07 bits per heavy atom. The molecule has 0 spiro atoms. The van der Waals surface area contributed by atoms with Crippen molar-refractivity contribution in [1.29, 1.82) is 0 Å². The van der Waals surface area contributed by atoms with Gasteiger partial charge in [0.25, 0.3) is 5.56 Å². The summed E-state index contributed by atoms with van der Waals surface area (Å²) in [5, 5.41) is 2.44. The summed E-state index contributed by atoms with van der Waals surface area (Å²) in [4.78, 5) is 33.0. The molecule has 1 atom stereocenters. The minimum Gasteiger partial charge on any atom is -0.496 e. The average Bonchev–Trinajstić information content (AvgIpc) is 3.27. The van der Waals surface area contributed by atoms with Crippen LogP contribution in [-0.2, 0) is 9.53 Å². The Labute approximate surface area is 240 Å². The normalized spacial score (nSPS) is 15.1. The van der Waals surface area contributed by atoms with Crippen LogP contribution in [0.1, 0.15) is 43.9 Å². The van der Waals surface area contributed by atoms with Gasteiger partial charge in [-0.05, 0) is 54.5 Å². The van der Waals surface area contributed by atoms with Gasteiger partial charge >= 0.3 is 5.97 Å². The van der Waals surface area contributed by atoms with Crippen LogP contribution in [0.2, 0.25) is 5.02 Å². The molecular formula is C31H29ClN2O5S. The summed E-state index contributed by atoms with van der Waals surface area (Å²) in [6.45, 7) is 3.95. The minimum absolute atomic E-state index is 0.187. The lowest BCUT2D eigenvalue weighted by Crippen LogP contribution is -2.40. The summed E-state index contributed by atoms with van der Waals surface area (Å²) < 4.78 is 18.8. The van der Waals surface area contributed by atoms with Crippen LogP contribution in [0.25, 0.3) is 16.8 Å². The van der Waals surface area contributed by atoms with E-state index >= 15 is 0 Å². The summed E-state index contributed by atoms with van der Waals surface area (Å²) >= 11 is 7.70. The fraction of sp³-hybridized carbons (Fsp3) is 0.258. The van der Waals surface area contributed by atoms with Gasteiger partial charge in [0.2, 0.25) is 0 Å². The van der Waals surface area contributed by atoms with Crippen molar-refractivity contribution in [1.82, 2.24) is 4.57 Å². The summed E-state index contributed by atoms with van der Waals surface area (Å²) in [5.74, 6) is 0.627. The molecule has 0 N–H and O–H groups in total. The van der Waals surface area contributed by atoms with E-state index in [1.165, 1.54) is 11.3 Å². The zero-order chi connectivity index (χ0) is 28.4. The molecule has 1 aliphatic rings. The number of carbonyl (C=O) groups is 1. The van der Waals surface area contributed by atoms with Crippen molar-refractivity contribution in [2.45, 2.75) is 32.7 Å². The minimum atomic E-state index is -0.831. The van der Waals surface area contributed by atoms with Gasteiger partial charge in [0, 0.05) is 16.1 Å². The number of hydrogen-bond donors (Lipinski definition) is 0. The van der Waals surface area contributed by atoms with E-state index in [4.69, 9.17) is 30.8 Å². The highest BCUT2D eigenvalue weighted by molar-refractivity contribution is 7.07. The van der Waals surface area contributed by atoms with E-state index in [1.54, 1.807) is 43.9 Å². The van der Waals surface area contributed by atoms with Crippen molar-refractivity contribution < 1.29 is 19.0 Å². The van der Waals surface area contributed by atoms with E-state index in [0.717, 1.165) is 22.8 Å². The fourth-order valence-electron chi connectivity index (χ4n) is 5.07. The molecule has 206 valence electrons. The lowest BCUT2D eigenvalue weighted by atomic mass is 9.93. The zero-order valence-electron chi connectivity index (χ0n) is 22.7. The first-order valence-electron chi connectivity index (χ1n) is 13.0. The maximum atomic E-state index is 14.2. The molecule has 3 aromatic carbocycles. The number of aromatic nitrogens is 1. The van der Waals surface area contributed by atoms with E-state index in [9.17, 15) is 9.59 Å². The van der Waals surface area contributed by atoms with Crippen LogP contribution in [0.15, 0.2) is 75.7 Å². The van der Waals surface area contributed by atoms with Crippen LogP contribution >= 0.6 is 22.9 Å². The Hall–Kier alpha value is -3.88. The van der Waals surface area contributed by atoms with Crippen molar-refractivity contribution in [2.75, 3.05) is 20.8 Å². The van der Waals surface area contributed by atoms with E-state index in [2.05, 4.69) is 0 Å². The third-order valence-electron chi connectivity index (χ3n) is 6.80. The molecule has 0 aliphatic carbocycles. The Balaban J connectivity index is 1.85. The number of methoxy groups -OCH3 is 2. The van der Waals surface area contributed by atoms with Gasteiger partial charge in [-0.15, -0.1) is 0 Å². The van der Waals surface area contributed by atoms with Crippen LogP contribution < -0.4 is 24.4 Å². The van der Waals surface area contributed by atoms with Gasteiger partial charge in [0.15, 0.2) is 4.80 Å². The van der Waals surface area contributed by atoms with Crippen molar-refractivity contribution in [3.63, 3.8) is 0 Å². The number of esters is 1. The highest BCUT2D eigenvalue weighted by atomic mass is 35.5. The Bertz CT molecular complexity index is 1820. The molecule has 0 fully saturated rings. The van der Waals surface area contributed by atoms with E-state index in [-0.39, 0.29) is 12.2 Å². The SMILES string of the molecule is CCCC1=C(C(=O)OCC)[C@H](c2cc(Cl)ccc2OC)n2c(s/c(=C/c3c(OC)ccc4ccccc34)c2=O)=N1. The molecule has 2 heterocycles. The summed E-state index contributed by atoms with van der Waals surface area (Å²) in [6, 6.07) is 16.2. The van der Waals surface area contributed by atoms with Gasteiger partial charge in [-0.1, -0.05) is 66.6 Å². The van der Waals surface area contributed by atoms with Crippen molar-refractivity contribution in [3.05, 3.63) is 102 Å². The zero-order valence-corrected chi connectivity index (χ0v) is 24.3. The van der Waals surface area contributed by atoms with Crippen LogP contribution in [0.3, 0.4) is 0 Å². The van der Waals surface area contributed by atoms with Crippen LogP contribution in [0.5, 0.6) is 11.5 Å². The molecule has 0 saturated heterocycles. The average molecular weight is 577 g/mol. The number of thiazole rings is 1. The maximum absolute atomic E-state index is 14.2. The maximum Gasteiger partial charge on any atom is 0.338 e. The van der Waals surface area contributed by atoms with Crippen LogP contribution in [0, 0.1) is 0 Å². The summed E-state index contributed by atoms with van der Waals surface area (Å²) in [5.41, 5.74) is 1.98. The number of halogens is 1. The highest BCUT2D eigenvalue weighted by Gasteiger charge is 2.36. The predicted molar refractivity (Wildman–Crippen MR) is 158 cm³/mol. The van der Waals surface area contributed by atoms with E-state index in [1.807, 2.05) is 49.4 Å². The van der Waals surface area contributed by atoms with Crippen molar-refractivity contribution in [3.8, 4) is 11.5 Å². The first kappa shape index (κ1) is 27.7. The second-order valence-corrected chi connectivity index (χ2v) is 10.6. The van der Waals surface area contributed by atoms with Crippen molar-refractivity contribution in [2.24, 2.45) is 4.99 Å². The highest BCUT2D eigenvalue weighted by Crippen LogP contribution is 2.38. The Kier molecular flexibility index (Phi) is 8.09. The third-order valence-corrected chi connectivity index (χ3v) is 8.02. The number of allylic oxidation sites excluding steroid dienone is 1. The number of fused-ring (bicyclic) bond motifs is 2. The molecule has 4 aromatic rings. The van der Waals surface area contributed by atoms with E-state index < -0.39 is 12.0 Å². The number of benzene rings is 3. The van der Waals surface area contributed by atoms with Crippen molar-refractivity contribution >= 4 is 45.8 Å². The predicted octanol–water partition coefficient (Wildman–Crippen LogP) is 5.40. The molecule has 5 rings (SSSR count). The second-order valence-electron chi connectivity index (χ2n) is 9.20. The molecule has 0 unspecified atom stereocenters. The molecule has 0 bridgehead atoms. The van der Waals surface area contributed by atoms with Gasteiger partial charge in [0.05, 0.1) is 36.6 Å². The lowest BCUT2D eigenvalue weighted by molar-refractivity contribution is -0.139. The summed E-state index contributed by atoms with van der Waals surface area (Å²) in [7, 11) is 3.15. The number of hydrogen-bond acceptors (Lipinski definition) is 7. The quantitative estimate of drug-likeness (QED) is 0.262. The molecule has 1 aliphatic heterocycles. The number of rotatable bonds is 8. The summed E-state index contributed by atoms with van der Waals surface area (Å²) in [6.07, 6.45) is 3.13. The molecule has 0 radical (unpaired) electrons. The van der Waals surface area contributed by atoms with Gasteiger partial charge in [-0.3, -0.25) is 9.36 Å². The van der Waals surface area contributed by atoms with Gasteiger partial charge in [-0.2, -0.15) is 0 Å². The first-order chi connectivity index (χ1) is 19.4. The van der Waals surface area contributed by atoms with Gasteiger partial charge in [0.1, 0.15) is 17.5 Å². The van der Waals surface area contributed by atoms with E-state index in [0.29, 0.717) is 49.1 Å².